The second-order valence-corrected chi connectivity index (χ2v) is 6.76. The number of carbonyl (C=O) groups is 1. The van der Waals surface area contributed by atoms with Gasteiger partial charge in [0.1, 0.15) is 6.61 Å². The summed E-state index contributed by atoms with van der Waals surface area (Å²) in [5.41, 5.74) is 1.03. The lowest BCUT2D eigenvalue weighted by Gasteiger charge is -2.44. The van der Waals surface area contributed by atoms with Crippen molar-refractivity contribution in [1.29, 1.82) is 0 Å². The number of likely N-dealkylation sites (tertiary alicyclic amines) is 1. The Kier molecular flexibility index (Phi) is 6.10. The minimum Gasteiger partial charge on any atom is -0.445 e. The summed E-state index contributed by atoms with van der Waals surface area (Å²) in [5.74, 6) is 0. The van der Waals surface area contributed by atoms with Crippen LogP contribution in [0.5, 0.6) is 0 Å². The zero-order chi connectivity index (χ0) is 16.8. The Labute approximate surface area is 145 Å². The summed E-state index contributed by atoms with van der Waals surface area (Å²) in [6.07, 6.45) is 3.12. The van der Waals surface area contributed by atoms with Gasteiger partial charge in [-0.05, 0) is 24.8 Å². The first-order valence-electron chi connectivity index (χ1n) is 9.20. The first-order chi connectivity index (χ1) is 11.8. The SMILES string of the molecule is CC[C@H]1CNCCN1C1CCN(C(=O)OCc2ccccc2)CC1. The number of nitrogens with one attached hydrogen (secondary N) is 1. The van der Waals surface area contributed by atoms with E-state index < -0.39 is 0 Å². The van der Waals surface area contributed by atoms with Gasteiger partial charge in [0, 0.05) is 44.8 Å². The van der Waals surface area contributed by atoms with Crippen LogP contribution in [0.3, 0.4) is 0 Å². The Morgan fingerprint density at radius 2 is 1.96 bits per heavy atom. The highest BCUT2D eigenvalue weighted by atomic mass is 16.6. The topological polar surface area (TPSA) is 44.8 Å². The Morgan fingerprint density at radius 1 is 1.21 bits per heavy atom. The molecule has 0 unspecified atom stereocenters. The van der Waals surface area contributed by atoms with Crippen LogP contribution in [-0.4, -0.2) is 60.7 Å². The van der Waals surface area contributed by atoms with Gasteiger partial charge in [-0.25, -0.2) is 4.79 Å². The summed E-state index contributed by atoms with van der Waals surface area (Å²) in [5, 5.41) is 3.49. The van der Waals surface area contributed by atoms with Crippen LogP contribution in [-0.2, 0) is 11.3 Å². The van der Waals surface area contributed by atoms with Gasteiger partial charge in [-0.15, -0.1) is 0 Å². The van der Waals surface area contributed by atoms with E-state index in [2.05, 4.69) is 17.1 Å². The second-order valence-electron chi connectivity index (χ2n) is 6.76. The average Bonchev–Trinajstić information content (AvgIpc) is 2.67. The molecular weight excluding hydrogens is 302 g/mol. The van der Waals surface area contributed by atoms with E-state index >= 15 is 0 Å². The number of rotatable bonds is 4. The number of ether oxygens (including phenoxy) is 1. The highest BCUT2D eigenvalue weighted by Crippen LogP contribution is 2.21. The van der Waals surface area contributed by atoms with E-state index in [1.54, 1.807) is 0 Å². The van der Waals surface area contributed by atoms with E-state index in [-0.39, 0.29) is 6.09 Å². The van der Waals surface area contributed by atoms with Gasteiger partial charge in [0.05, 0.1) is 0 Å². The quantitative estimate of drug-likeness (QED) is 0.921. The first-order valence-corrected chi connectivity index (χ1v) is 9.20. The van der Waals surface area contributed by atoms with Crippen LogP contribution >= 0.6 is 0 Å². The molecule has 24 heavy (non-hydrogen) atoms. The monoisotopic (exact) mass is 331 g/mol. The van der Waals surface area contributed by atoms with E-state index in [1.807, 2.05) is 35.2 Å². The molecule has 1 aromatic carbocycles. The van der Waals surface area contributed by atoms with Crippen LogP contribution in [0.2, 0.25) is 0 Å². The molecule has 1 amide bonds. The van der Waals surface area contributed by atoms with Crippen molar-refractivity contribution in [1.82, 2.24) is 15.1 Å². The molecule has 2 saturated heterocycles. The van der Waals surface area contributed by atoms with Crippen LogP contribution in [0, 0.1) is 0 Å². The minimum absolute atomic E-state index is 0.176. The van der Waals surface area contributed by atoms with E-state index in [0.29, 0.717) is 18.7 Å². The van der Waals surface area contributed by atoms with Gasteiger partial charge in [-0.3, -0.25) is 4.90 Å². The molecule has 0 aromatic heterocycles. The number of hydrogen-bond acceptors (Lipinski definition) is 4. The molecule has 5 heteroatoms. The van der Waals surface area contributed by atoms with Crippen molar-refractivity contribution in [3.05, 3.63) is 35.9 Å². The number of nitrogens with zero attached hydrogens (tertiary/aromatic N) is 2. The lowest BCUT2D eigenvalue weighted by molar-refractivity contribution is 0.0442. The van der Waals surface area contributed by atoms with Crippen LogP contribution in [0.15, 0.2) is 30.3 Å². The van der Waals surface area contributed by atoms with E-state index in [0.717, 1.165) is 51.1 Å². The predicted octanol–water partition coefficient (Wildman–Crippen LogP) is 2.47. The summed E-state index contributed by atoms with van der Waals surface area (Å²) >= 11 is 0. The van der Waals surface area contributed by atoms with Gasteiger partial charge in [0.15, 0.2) is 0 Å². The third-order valence-electron chi connectivity index (χ3n) is 5.26. The van der Waals surface area contributed by atoms with Gasteiger partial charge in [-0.1, -0.05) is 37.3 Å². The molecule has 0 saturated carbocycles. The molecule has 0 bridgehead atoms. The number of carbonyl (C=O) groups excluding carboxylic acids is 1. The Morgan fingerprint density at radius 3 is 2.67 bits per heavy atom. The zero-order valence-electron chi connectivity index (χ0n) is 14.6. The molecule has 2 aliphatic rings. The number of hydrogen-bond donors (Lipinski definition) is 1. The van der Waals surface area contributed by atoms with Crippen molar-refractivity contribution in [3.8, 4) is 0 Å². The van der Waals surface area contributed by atoms with Gasteiger partial charge in [0.25, 0.3) is 0 Å². The van der Waals surface area contributed by atoms with Crippen LogP contribution in [0.1, 0.15) is 31.7 Å². The smallest absolute Gasteiger partial charge is 0.410 e. The van der Waals surface area contributed by atoms with Gasteiger partial charge < -0.3 is 15.0 Å². The second kappa shape index (κ2) is 8.49. The predicted molar refractivity (Wildman–Crippen MR) is 94.9 cm³/mol. The molecular formula is C19H29N3O2. The molecule has 2 aliphatic heterocycles. The minimum atomic E-state index is -0.176. The van der Waals surface area contributed by atoms with Crippen LogP contribution in [0.4, 0.5) is 4.79 Å². The third-order valence-corrected chi connectivity index (χ3v) is 5.26. The number of piperidine rings is 1. The lowest BCUT2D eigenvalue weighted by Crippen LogP contribution is -2.57. The van der Waals surface area contributed by atoms with Crippen molar-refractivity contribution in [3.63, 3.8) is 0 Å². The third kappa shape index (κ3) is 4.28. The molecule has 2 fully saturated rings. The fraction of sp³-hybridized carbons (Fsp3) is 0.632. The molecule has 1 aromatic rings. The van der Waals surface area contributed by atoms with Gasteiger partial charge in [0.2, 0.25) is 0 Å². The number of amides is 1. The van der Waals surface area contributed by atoms with E-state index in [9.17, 15) is 4.79 Å². The molecule has 0 radical (unpaired) electrons. The molecule has 2 heterocycles. The summed E-state index contributed by atoms with van der Waals surface area (Å²) in [6.45, 7) is 7.53. The molecule has 1 atom stereocenters. The summed E-state index contributed by atoms with van der Waals surface area (Å²) in [4.78, 5) is 16.8. The highest BCUT2D eigenvalue weighted by Gasteiger charge is 2.31. The number of piperazine rings is 1. The van der Waals surface area contributed by atoms with Gasteiger partial charge in [-0.2, -0.15) is 0 Å². The Hall–Kier alpha value is -1.59. The van der Waals surface area contributed by atoms with Crippen molar-refractivity contribution in [2.24, 2.45) is 0 Å². The Bertz CT molecular complexity index is 515. The normalized spacial score (nSPS) is 23.2. The zero-order valence-corrected chi connectivity index (χ0v) is 14.6. The fourth-order valence-electron chi connectivity index (χ4n) is 3.83. The molecule has 5 nitrogen and oxygen atoms in total. The molecule has 132 valence electrons. The Balaban J connectivity index is 1.45. The lowest BCUT2D eigenvalue weighted by atomic mass is 9.99. The summed E-state index contributed by atoms with van der Waals surface area (Å²) < 4.78 is 5.45. The van der Waals surface area contributed by atoms with E-state index in [1.165, 1.54) is 6.42 Å². The van der Waals surface area contributed by atoms with Crippen molar-refractivity contribution in [2.45, 2.75) is 44.9 Å². The highest BCUT2D eigenvalue weighted by molar-refractivity contribution is 5.67. The summed E-state index contributed by atoms with van der Waals surface area (Å²) in [7, 11) is 0. The van der Waals surface area contributed by atoms with Crippen LogP contribution < -0.4 is 5.32 Å². The van der Waals surface area contributed by atoms with Gasteiger partial charge >= 0.3 is 6.09 Å². The molecule has 3 rings (SSSR count). The largest absolute Gasteiger partial charge is 0.445 e. The van der Waals surface area contributed by atoms with Crippen molar-refractivity contribution < 1.29 is 9.53 Å². The molecule has 1 N–H and O–H groups in total. The van der Waals surface area contributed by atoms with Crippen molar-refractivity contribution in [2.75, 3.05) is 32.7 Å². The summed E-state index contributed by atoms with van der Waals surface area (Å²) in [6, 6.07) is 11.1. The molecule has 0 spiro atoms. The molecule has 0 aliphatic carbocycles. The standard InChI is InChI=1S/C19H29N3O2/c1-2-17-14-20-10-13-22(17)18-8-11-21(12-9-18)19(23)24-15-16-6-4-3-5-7-16/h3-7,17-18,20H,2,8-15H2,1H3/t17-/m0/s1. The fourth-order valence-corrected chi connectivity index (χ4v) is 3.83. The van der Waals surface area contributed by atoms with E-state index in [4.69, 9.17) is 4.74 Å². The van der Waals surface area contributed by atoms with Crippen molar-refractivity contribution >= 4 is 6.09 Å². The van der Waals surface area contributed by atoms with Crippen LogP contribution in [0.25, 0.3) is 0 Å². The maximum atomic E-state index is 12.3. The number of benzene rings is 1. The first kappa shape index (κ1) is 17.2. The maximum Gasteiger partial charge on any atom is 0.410 e. The maximum absolute atomic E-state index is 12.3. The average molecular weight is 331 g/mol.